The molecule has 26 heavy (non-hydrogen) atoms. The van der Waals surface area contributed by atoms with Crippen LogP contribution in [-0.4, -0.2) is 29.8 Å². The third-order valence-corrected chi connectivity index (χ3v) is 4.37. The summed E-state index contributed by atoms with van der Waals surface area (Å²) in [5, 5.41) is 2.64. The fourth-order valence-corrected chi connectivity index (χ4v) is 2.85. The first-order chi connectivity index (χ1) is 12.4. The first-order valence-electron chi connectivity index (χ1n) is 8.75. The number of aryl methyl sites for hydroxylation is 1. The van der Waals surface area contributed by atoms with Gasteiger partial charge >= 0.3 is 0 Å². The molecule has 0 radical (unpaired) electrons. The highest BCUT2D eigenvalue weighted by Gasteiger charge is 2.27. The Balaban J connectivity index is 2.25. The molecule has 0 aliphatic carbocycles. The van der Waals surface area contributed by atoms with E-state index in [1.165, 1.54) is 12.1 Å². The van der Waals surface area contributed by atoms with Crippen LogP contribution in [0.1, 0.15) is 30.0 Å². The Kier molecular flexibility index (Phi) is 6.89. The highest BCUT2D eigenvalue weighted by Crippen LogP contribution is 2.15. The van der Waals surface area contributed by atoms with Crippen molar-refractivity contribution in [3.05, 3.63) is 71.0 Å². The van der Waals surface area contributed by atoms with E-state index in [1.807, 2.05) is 38.1 Å². The molecule has 2 amide bonds. The van der Waals surface area contributed by atoms with Crippen LogP contribution in [0.25, 0.3) is 0 Å². The number of nitrogens with one attached hydrogen (secondary N) is 1. The Morgan fingerprint density at radius 3 is 2.15 bits per heavy atom. The number of amides is 2. The van der Waals surface area contributed by atoms with Crippen LogP contribution in [-0.2, 0) is 22.6 Å². The van der Waals surface area contributed by atoms with E-state index in [4.69, 9.17) is 0 Å². The van der Waals surface area contributed by atoms with Gasteiger partial charge in [-0.25, -0.2) is 4.39 Å². The van der Waals surface area contributed by atoms with Crippen molar-refractivity contribution in [3.8, 4) is 0 Å². The van der Waals surface area contributed by atoms with E-state index >= 15 is 0 Å². The molecule has 138 valence electrons. The number of likely N-dealkylation sites (N-methyl/N-ethyl adjacent to an activating group) is 1. The van der Waals surface area contributed by atoms with Gasteiger partial charge in [-0.2, -0.15) is 0 Å². The number of carbonyl (C=O) groups is 2. The number of halogens is 1. The Bertz CT molecular complexity index is 742. The second-order valence-corrected chi connectivity index (χ2v) is 6.35. The number of carbonyl (C=O) groups excluding carboxylic acids is 2. The standard InChI is InChI=1S/C21H25FN2O2/c1-4-19(21(26)23-3)24(14-17-7-5-15(2)6-8-17)20(25)13-16-9-11-18(22)12-10-16/h5-12,19H,4,13-14H2,1-3H3,(H,23,26)/t19-/m1/s1. The minimum atomic E-state index is -0.547. The predicted octanol–water partition coefficient (Wildman–Crippen LogP) is 3.23. The summed E-state index contributed by atoms with van der Waals surface area (Å²) in [7, 11) is 1.57. The van der Waals surface area contributed by atoms with Crippen LogP contribution in [0.15, 0.2) is 48.5 Å². The Morgan fingerprint density at radius 1 is 1.04 bits per heavy atom. The lowest BCUT2D eigenvalue weighted by atomic mass is 10.1. The van der Waals surface area contributed by atoms with E-state index in [1.54, 1.807) is 24.1 Å². The molecule has 2 aromatic carbocycles. The van der Waals surface area contributed by atoms with Gasteiger partial charge in [-0.05, 0) is 36.6 Å². The first-order valence-corrected chi connectivity index (χ1v) is 8.75. The van der Waals surface area contributed by atoms with Crippen molar-refractivity contribution >= 4 is 11.8 Å². The minimum Gasteiger partial charge on any atom is -0.357 e. The Morgan fingerprint density at radius 2 is 1.62 bits per heavy atom. The second-order valence-electron chi connectivity index (χ2n) is 6.35. The largest absolute Gasteiger partial charge is 0.357 e. The van der Waals surface area contributed by atoms with Gasteiger partial charge in [0.05, 0.1) is 6.42 Å². The number of rotatable bonds is 7. The molecule has 2 aromatic rings. The number of benzene rings is 2. The van der Waals surface area contributed by atoms with Crippen LogP contribution in [0.5, 0.6) is 0 Å². The fraction of sp³-hybridized carbons (Fsp3) is 0.333. The molecule has 0 aliphatic heterocycles. The normalized spacial score (nSPS) is 11.7. The van der Waals surface area contributed by atoms with Crippen molar-refractivity contribution in [1.82, 2.24) is 10.2 Å². The molecule has 0 saturated carbocycles. The predicted molar refractivity (Wildman–Crippen MR) is 100.0 cm³/mol. The van der Waals surface area contributed by atoms with Crippen LogP contribution in [0, 0.1) is 12.7 Å². The number of nitrogens with zero attached hydrogens (tertiary/aromatic N) is 1. The molecule has 0 spiro atoms. The lowest BCUT2D eigenvalue weighted by Crippen LogP contribution is -2.48. The molecule has 2 rings (SSSR count). The van der Waals surface area contributed by atoms with E-state index in [0.29, 0.717) is 13.0 Å². The monoisotopic (exact) mass is 356 g/mol. The molecular weight excluding hydrogens is 331 g/mol. The van der Waals surface area contributed by atoms with Crippen LogP contribution in [0.2, 0.25) is 0 Å². The zero-order valence-electron chi connectivity index (χ0n) is 15.5. The summed E-state index contributed by atoms with van der Waals surface area (Å²) in [6.07, 6.45) is 0.639. The molecule has 0 aromatic heterocycles. The average Bonchev–Trinajstić information content (AvgIpc) is 2.64. The van der Waals surface area contributed by atoms with Crippen molar-refractivity contribution in [2.45, 2.75) is 39.3 Å². The molecule has 0 fully saturated rings. The summed E-state index contributed by atoms with van der Waals surface area (Å²) in [5.74, 6) is -0.686. The van der Waals surface area contributed by atoms with Crippen molar-refractivity contribution in [1.29, 1.82) is 0 Å². The molecule has 0 heterocycles. The second kappa shape index (κ2) is 9.13. The molecule has 0 unspecified atom stereocenters. The molecule has 5 heteroatoms. The quantitative estimate of drug-likeness (QED) is 0.828. The third kappa shape index (κ3) is 5.15. The van der Waals surface area contributed by atoms with E-state index in [0.717, 1.165) is 16.7 Å². The Labute approximate surface area is 154 Å². The third-order valence-electron chi connectivity index (χ3n) is 4.37. The molecule has 0 saturated heterocycles. The van der Waals surface area contributed by atoms with Crippen LogP contribution in [0.3, 0.4) is 0 Å². The average molecular weight is 356 g/mol. The lowest BCUT2D eigenvalue weighted by Gasteiger charge is -2.30. The molecule has 1 atom stereocenters. The van der Waals surface area contributed by atoms with Crippen molar-refractivity contribution in [2.75, 3.05) is 7.05 Å². The first kappa shape index (κ1) is 19.6. The van der Waals surface area contributed by atoms with Crippen molar-refractivity contribution in [3.63, 3.8) is 0 Å². The van der Waals surface area contributed by atoms with Gasteiger partial charge in [0, 0.05) is 13.6 Å². The summed E-state index contributed by atoms with van der Waals surface area (Å²) < 4.78 is 13.1. The summed E-state index contributed by atoms with van der Waals surface area (Å²) in [6, 6.07) is 13.2. The minimum absolute atomic E-state index is 0.125. The van der Waals surface area contributed by atoms with Crippen molar-refractivity contribution < 1.29 is 14.0 Å². The topological polar surface area (TPSA) is 49.4 Å². The van der Waals surface area contributed by atoms with Crippen molar-refractivity contribution in [2.24, 2.45) is 0 Å². The molecule has 1 N–H and O–H groups in total. The van der Waals surface area contributed by atoms with E-state index in [-0.39, 0.29) is 24.1 Å². The highest BCUT2D eigenvalue weighted by atomic mass is 19.1. The van der Waals surface area contributed by atoms with Gasteiger partial charge in [0.25, 0.3) is 0 Å². The molecule has 0 bridgehead atoms. The van der Waals surface area contributed by atoms with Crippen LogP contribution in [0.4, 0.5) is 4.39 Å². The van der Waals surface area contributed by atoms with Gasteiger partial charge in [-0.15, -0.1) is 0 Å². The summed E-state index contributed by atoms with van der Waals surface area (Å²) in [6.45, 7) is 4.24. The van der Waals surface area contributed by atoms with Gasteiger partial charge in [-0.3, -0.25) is 9.59 Å². The fourth-order valence-electron chi connectivity index (χ4n) is 2.85. The van der Waals surface area contributed by atoms with Gasteiger partial charge in [0.15, 0.2) is 0 Å². The number of hydrogen-bond acceptors (Lipinski definition) is 2. The van der Waals surface area contributed by atoms with E-state index < -0.39 is 6.04 Å². The maximum Gasteiger partial charge on any atom is 0.242 e. The lowest BCUT2D eigenvalue weighted by molar-refractivity contribution is -0.140. The molecule has 4 nitrogen and oxygen atoms in total. The molecule has 0 aliphatic rings. The summed E-state index contributed by atoms with van der Waals surface area (Å²) in [5.41, 5.74) is 2.82. The maximum absolute atomic E-state index is 13.1. The van der Waals surface area contributed by atoms with Gasteiger partial charge < -0.3 is 10.2 Å². The highest BCUT2D eigenvalue weighted by molar-refractivity contribution is 5.88. The zero-order valence-corrected chi connectivity index (χ0v) is 15.5. The summed E-state index contributed by atoms with van der Waals surface area (Å²) in [4.78, 5) is 26.8. The van der Waals surface area contributed by atoms with E-state index in [9.17, 15) is 14.0 Å². The van der Waals surface area contributed by atoms with Gasteiger partial charge in [-0.1, -0.05) is 48.9 Å². The number of hydrogen-bond donors (Lipinski definition) is 1. The smallest absolute Gasteiger partial charge is 0.242 e. The SMILES string of the molecule is CC[C@H](C(=O)NC)N(Cc1ccc(C)cc1)C(=O)Cc1ccc(F)cc1. The maximum atomic E-state index is 13.1. The van der Waals surface area contributed by atoms with Crippen LogP contribution >= 0.6 is 0 Å². The summed E-state index contributed by atoms with van der Waals surface area (Å²) >= 11 is 0. The molecular formula is C21H25FN2O2. The zero-order chi connectivity index (χ0) is 19.1. The Hall–Kier alpha value is -2.69. The van der Waals surface area contributed by atoms with E-state index in [2.05, 4.69) is 5.32 Å². The van der Waals surface area contributed by atoms with Gasteiger partial charge in [0.1, 0.15) is 11.9 Å². The van der Waals surface area contributed by atoms with Crippen LogP contribution < -0.4 is 5.32 Å². The van der Waals surface area contributed by atoms with Gasteiger partial charge in [0.2, 0.25) is 11.8 Å².